The summed E-state index contributed by atoms with van der Waals surface area (Å²) in [5.74, 6) is -1.30. The molecule has 2 amide bonds. The van der Waals surface area contributed by atoms with Crippen LogP contribution in [0.3, 0.4) is 0 Å². The lowest BCUT2D eigenvalue weighted by atomic mass is 9.90. The van der Waals surface area contributed by atoms with E-state index in [9.17, 15) is 18.4 Å². The fraction of sp³-hybridized carbons (Fsp3) is 0.393. The molecule has 3 aromatic rings. The molecule has 0 spiro atoms. The molecule has 0 atom stereocenters. The molecule has 2 heterocycles. The van der Waals surface area contributed by atoms with Crippen LogP contribution < -0.4 is 14.8 Å². The van der Waals surface area contributed by atoms with Gasteiger partial charge >= 0.3 is 6.09 Å². The molecule has 1 saturated heterocycles. The summed E-state index contributed by atoms with van der Waals surface area (Å²) in [6.45, 7) is 6.16. The van der Waals surface area contributed by atoms with Crippen molar-refractivity contribution in [1.29, 1.82) is 0 Å². The molecule has 0 saturated carbocycles. The molecule has 1 aliphatic rings. The van der Waals surface area contributed by atoms with E-state index in [1.807, 2.05) is 0 Å². The Balaban J connectivity index is 1.66. The minimum atomic E-state index is -0.811. The molecule has 1 aliphatic heterocycles. The third-order valence-electron chi connectivity index (χ3n) is 6.38. The topological polar surface area (TPSA) is 94.9 Å². The summed E-state index contributed by atoms with van der Waals surface area (Å²) in [5.41, 5.74) is 0.499. The summed E-state index contributed by atoms with van der Waals surface area (Å²) < 4.78 is 45.9. The molecule has 1 aromatic heterocycles. The number of carbonyl (C=O) groups excluding carboxylic acids is 2. The number of hydrogen-bond donors (Lipinski definition) is 1. The number of anilines is 1. The van der Waals surface area contributed by atoms with Gasteiger partial charge in [0.25, 0.3) is 5.91 Å². The maximum absolute atomic E-state index is 14.8. The first-order chi connectivity index (χ1) is 18.5. The molecular weight excluding hydrogens is 510 g/mol. The number of ether oxygens (including phenoxy) is 3. The Hall–Kier alpha value is -4.15. The average Bonchev–Trinajstić information content (AvgIpc) is 3.33. The monoisotopic (exact) mass is 542 g/mol. The molecule has 1 fully saturated rings. The Morgan fingerprint density at radius 1 is 1.03 bits per heavy atom. The van der Waals surface area contributed by atoms with E-state index in [1.54, 1.807) is 43.9 Å². The van der Waals surface area contributed by atoms with E-state index in [1.165, 1.54) is 31.2 Å². The SMILES string of the molecule is COc1ccc(NC(=O)c2cnn(-c3ccc(F)cc3F)c2C2CCN(C(=O)OC(C)(C)C)CC2)c(OC)c1. The Bertz CT molecular complexity index is 1360. The number of aromatic nitrogens is 2. The van der Waals surface area contributed by atoms with Gasteiger partial charge in [-0.1, -0.05) is 0 Å². The van der Waals surface area contributed by atoms with Crippen LogP contribution in [-0.2, 0) is 4.74 Å². The molecule has 9 nitrogen and oxygen atoms in total. The number of benzene rings is 2. The quantitative estimate of drug-likeness (QED) is 0.440. The number of likely N-dealkylation sites (tertiary alicyclic amines) is 1. The van der Waals surface area contributed by atoms with Crippen molar-refractivity contribution in [2.75, 3.05) is 32.6 Å². The largest absolute Gasteiger partial charge is 0.497 e. The molecule has 0 unspecified atom stereocenters. The highest BCUT2D eigenvalue weighted by Gasteiger charge is 2.33. The van der Waals surface area contributed by atoms with Crippen molar-refractivity contribution in [2.24, 2.45) is 0 Å². The normalized spacial score (nSPS) is 14.2. The van der Waals surface area contributed by atoms with Gasteiger partial charge in [-0.15, -0.1) is 0 Å². The summed E-state index contributed by atoms with van der Waals surface area (Å²) in [6.07, 6.45) is 1.92. The third kappa shape index (κ3) is 6.30. The zero-order chi connectivity index (χ0) is 28.3. The smallest absolute Gasteiger partial charge is 0.410 e. The first-order valence-electron chi connectivity index (χ1n) is 12.6. The number of amides is 2. The third-order valence-corrected chi connectivity index (χ3v) is 6.38. The second-order valence-electron chi connectivity index (χ2n) is 10.2. The van der Waals surface area contributed by atoms with Crippen LogP contribution in [0.1, 0.15) is 55.6 Å². The van der Waals surface area contributed by atoms with E-state index in [4.69, 9.17) is 14.2 Å². The Morgan fingerprint density at radius 3 is 2.36 bits per heavy atom. The number of piperidine rings is 1. The number of methoxy groups -OCH3 is 2. The number of rotatable bonds is 6. The van der Waals surface area contributed by atoms with E-state index in [0.29, 0.717) is 48.8 Å². The molecule has 4 rings (SSSR count). The van der Waals surface area contributed by atoms with Crippen molar-refractivity contribution in [3.05, 3.63) is 65.5 Å². The molecule has 0 bridgehead atoms. The Labute approximate surface area is 225 Å². The minimum Gasteiger partial charge on any atom is -0.497 e. The van der Waals surface area contributed by atoms with Crippen LogP contribution in [0.25, 0.3) is 5.69 Å². The fourth-order valence-electron chi connectivity index (χ4n) is 4.52. The van der Waals surface area contributed by atoms with Gasteiger partial charge < -0.3 is 24.4 Å². The number of nitrogens with one attached hydrogen (secondary N) is 1. The van der Waals surface area contributed by atoms with E-state index in [-0.39, 0.29) is 17.2 Å². The molecule has 39 heavy (non-hydrogen) atoms. The first kappa shape index (κ1) is 27.9. The van der Waals surface area contributed by atoms with Crippen LogP contribution in [0, 0.1) is 11.6 Å². The molecule has 2 aromatic carbocycles. The zero-order valence-electron chi connectivity index (χ0n) is 22.6. The van der Waals surface area contributed by atoms with Crippen molar-refractivity contribution in [3.8, 4) is 17.2 Å². The fourth-order valence-corrected chi connectivity index (χ4v) is 4.52. The Morgan fingerprint density at radius 2 is 1.74 bits per heavy atom. The summed E-state index contributed by atoms with van der Waals surface area (Å²) >= 11 is 0. The predicted molar refractivity (Wildman–Crippen MR) is 141 cm³/mol. The minimum absolute atomic E-state index is 0.0158. The second-order valence-corrected chi connectivity index (χ2v) is 10.2. The van der Waals surface area contributed by atoms with Gasteiger partial charge in [-0.2, -0.15) is 5.10 Å². The van der Waals surface area contributed by atoms with Crippen molar-refractivity contribution in [1.82, 2.24) is 14.7 Å². The highest BCUT2D eigenvalue weighted by Crippen LogP contribution is 2.35. The predicted octanol–water partition coefficient (Wildman–Crippen LogP) is 5.53. The van der Waals surface area contributed by atoms with Crippen LogP contribution in [-0.4, -0.2) is 59.6 Å². The molecule has 208 valence electrons. The second kappa shape index (κ2) is 11.3. The average molecular weight is 543 g/mol. The lowest BCUT2D eigenvalue weighted by molar-refractivity contribution is 0.0203. The van der Waals surface area contributed by atoms with Gasteiger partial charge in [0, 0.05) is 31.1 Å². The van der Waals surface area contributed by atoms with E-state index < -0.39 is 29.2 Å². The maximum Gasteiger partial charge on any atom is 0.410 e. The first-order valence-corrected chi connectivity index (χ1v) is 12.6. The van der Waals surface area contributed by atoms with Gasteiger partial charge in [0.2, 0.25) is 0 Å². The lowest BCUT2D eigenvalue weighted by Crippen LogP contribution is -2.41. The Kier molecular flexibility index (Phi) is 8.08. The lowest BCUT2D eigenvalue weighted by Gasteiger charge is -2.34. The van der Waals surface area contributed by atoms with Crippen LogP contribution in [0.15, 0.2) is 42.6 Å². The summed E-state index contributed by atoms with van der Waals surface area (Å²) in [4.78, 5) is 27.7. The molecular formula is C28H32F2N4O5. The summed E-state index contributed by atoms with van der Waals surface area (Å²) in [5, 5.41) is 7.16. The zero-order valence-corrected chi connectivity index (χ0v) is 22.6. The van der Waals surface area contributed by atoms with Crippen molar-refractivity contribution in [3.63, 3.8) is 0 Å². The van der Waals surface area contributed by atoms with Gasteiger partial charge in [0.05, 0.1) is 37.4 Å². The number of halogens is 2. The van der Waals surface area contributed by atoms with E-state index in [0.717, 1.165) is 12.1 Å². The van der Waals surface area contributed by atoms with Gasteiger partial charge in [-0.3, -0.25) is 4.79 Å². The van der Waals surface area contributed by atoms with Gasteiger partial charge in [0.1, 0.15) is 28.6 Å². The molecule has 1 N–H and O–H groups in total. The summed E-state index contributed by atoms with van der Waals surface area (Å²) in [6, 6.07) is 8.16. The van der Waals surface area contributed by atoms with Crippen LogP contribution in [0.2, 0.25) is 0 Å². The van der Waals surface area contributed by atoms with Crippen LogP contribution >= 0.6 is 0 Å². The number of hydrogen-bond acceptors (Lipinski definition) is 6. The van der Waals surface area contributed by atoms with Crippen LogP contribution in [0.5, 0.6) is 11.5 Å². The van der Waals surface area contributed by atoms with E-state index >= 15 is 0 Å². The molecule has 0 radical (unpaired) electrons. The van der Waals surface area contributed by atoms with Gasteiger partial charge in [-0.25, -0.2) is 18.3 Å². The van der Waals surface area contributed by atoms with Crippen LogP contribution in [0.4, 0.5) is 19.3 Å². The number of carbonyl (C=O) groups is 2. The van der Waals surface area contributed by atoms with Gasteiger partial charge in [0.15, 0.2) is 5.82 Å². The van der Waals surface area contributed by atoms with Gasteiger partial charge in [-0.05, 0) is 57.9 Å². The summed E-state index contributed by atoms with van der Waals surface area (Å²) in [7, 11) is 3.00. The van der Waals surface area contributed by atoms with Crippen molar-refractivity contribution < 1.29 is 32.6 Å². The maximum atomic E-state index is 14.8. The number of nitrogens with zero attached hydrogens (tertiary/aromatic N) is 3. The van der Waals surface area contributed by atoms with Crippen molar-refractivity contribution in [2.45, 2.75) is 45.1 Å². The standard InChI is InChI=1S/C28H32F2N4O5/c1-28(2,3)39-27(36)33-12-10-17(11-13-33)25-20(16-31-34(25)23-9-6-18(29)14-21(23)30)26(35)32-22-8-7-19(37-4)15-24(22)38-5/h6-9,14-17H,10-13H2,1-5H3,(H,32,35). The highest BCUT2D eigenvalue weighted by atomic mass is 19.1. The van der Waals surface area contributed by atoms with Crippen molar-refractivity contribution >= 4 is 17.7 Å². The van der Waals surface area contributed by atoms with E-state index in [2.05, 4.69) is 10.4 Å². The highest BCUT2D eigenvalue weighted by molar-refractivity contribution is 6.06. The molecule has 0 aliphatic carbocycles. The molecule has 11 heteroatoms.